The van der Waals surface area contributed by atoms with Crippen molar-refractivity contribution in [1.29, 1.82) is 0 Å². The molecule has 13 N–H and O–H groups in total. The molecule has 29 nitrogen and oxygen atoms in total. The van der Waals surface area contributed by atoms with E-state index in [0.717, 1.165) is 10.9 Å². The van der Waals surface area contributed by atoms with Crippen LogP contribution >= 0.6 is 0 Å². The van der Waals surface area contributed by atoms with Gasteiger partial charge in [-0.1, -0.05) is 38.5 Å². The molecule has 464 valence electrons. The van der Waals surface area contributed by atoms with E-state index in [2.05, 4.69) is 46.9 Å². The molecule has 11 atom stereocenters. The van der Waals surface area contributed by atoms with Crippen molar-refractivity contribution in [2.75, 3.05) is 26.2 Å². The number of amides is 12. The van der Waals surface area contributed by atoms with Crippen molar-refractivity contribution in [2.24, 2.45) is 17.4 Å². The number of imidazole rings is 1. The van der Waals surface area contributed by atoms with E-state index >= 15 is 0 Å². The number of carboxylic acid groups (broad SMARTS) is 1. The molecule has 2 aromatic heterocycles. The molecular weight excluding hydrogens is 1120 g/mol. The standard InChI is InChI=1S/C57H77N15O14/c1-3-30(2)47(56(84)71-22-8-14-42(71)55(83)72-23-9-15-43(72)57(85)86)68-49(77)36(16-18-44(58)73)64-51(79)40-12-6-21-70(40)54(82)39(25-32-28-60-29-62-32)67-52(80)41-13-7-20-69(41)53(81)38(24-31-27-61-34-11-5-4-10-33(31)34)66-50(78)37(26-45(59)74)65-48(76)35-17-19-46(75)63-35/h4-5,10-11,27-30,35-43,47,61H,3,6-9,12-26H2,1-2H3,(H2,58,73)(H2,59,74)(H,60,62)(H,63,75)(H,64,79)(H,65,76)(H,66,78)(H,67,80)(H,68,77)(H,85,86)/t30?,35?,36-,37-,38-,39-,40-,41-,42-,43-,47-/m0/s1. The van der Waals surface area contributed by atoms with Gasteiger partial charge in [-0.15, -0.1) is 0 Å². The Labute approximate surface area is 494 Å². The SMILES string of the molecule is CCC(C)[C@H](NC(=O)[C@H](CCC(N)=O)NC(=O)[C@@H]1CCCN1C(=O)[C@H](Cc1cnc[nH]1)NC(=O)[C@@H]1CCCN1C(=O)[C@H](Cc1c[nH]c2ccccc12)NC(=O)[C@H](CC(N)=O)NC(=O)C1CCC(=O)N1)C(=O)N1CCC[C@H]1C(=O)N1CCC[C@H]1C(=O)O. The number of rotatable bonds is 26. The number of aromatic nitrogens is 3. The molecule has 5 aliphatic rings. The summed E-state index contributed by atoms with van der Waals surface area (Å²) in [5.41, 5.74) is 12.8. The zero-order valence-electron chi connectivity index (χ0n) is 48.2. The molecule has 8 rings (SSSR count). The second-order valence-corrected chi connectivity index (χ2v) is 22.9. The first kappa shape index (κ1) is 63.1. The van der Waals surface area contributed by atoms with Gasteiger partial charge in [0.25, 0.3) is 0 Å². The summed E-state index contributed by atoms with van der Waals surface area (Å²) in [4.78, 5) is 193. The third-order valence-corrected chi connectivity index (χ3v) is 17.1. The maximum absolute atomic E-state index is 15.0. The summed E-state index contributed by atoms with van der Waals surface area (Å²) >= 11 is 0. The summed E-state index contributed by atoms with van der Waals surface area (Å²) in [5, 5.41) is 26.5. The van der Waals surface area contributed by atoms with E-state index in [-0.39, 0.29) is 89.9 Å². The number of carbonyl (C=O) groups is 13. The van der Waals surface area contributed by atoms with Gasteiger partial charge in [0.05, 0.1) is 12.7 Å². The Morgan fingerprint density at radius 3 is 1.80 bits per heavy atom. The number of benzene rings is 1. The number of hydrogen-bond acceptors (Lipinski definition) is 14. The molecule has 5 saturated heterocycles. The van der Waals surface area contributed by atoms with E-state index in [1.54, 1.807) is 26.1 Å². The normalized spacial score (nSPS) is 22.3. The lowest BCUT2D eigenvalue weighted by atomic mass is 9.96. The number of aliphatic carboxylic acids is 1. The fourth-order valence-corrected chi connectivity index (χ4v) is 12.3. The largest absolute Gasteiger partial charge is 0.480 e. The number of nitrogens with one attached hydrogen (secondary N) is 8. The Balaban J connectivity index is 0.980. The van der Waals surface area contributed by atoms with Crippen LogP contribution in [-0.4, -0.2) is 203 Å². The Bertz CT molecular complexity index is 3080. The molecule has 0 saturated carbocycles. The average molecular weight is 1200 g/mol. The summed E-state index contributed by atoms with van der Waals surface area (Å²) in [6.45, 7) is 4.04. The van der Waals surface area contributed by atoms with Crippen LogP contribution in [0.2, 0.25) is 0 Å². The molecule has 0 radical (unpaired) electrons. The monoisotopic (exact) mass is 1200 g/mol. The van der Waals surface area contributed by atoms with Crippen LogP contribution in [0.3, 0.4) is 0 Å². The Morgan fingerprint density at radius 2 is 1.22 bits per heavy atom. The molecule has 1 aromatic carbocycles. The first-order valence-electron chi connectivity index (χ1n) is 29.5. The van der Waals surface area contributed by atoms with E-state index in [0.29, 0.717) is 49.8 Å². The van der Waals surface area contributed by atoms with Crippen molar-refractivity contribution in [3.63, 3.8) is 0 Å². The van der Waals surface area contributed by atoms with E-state index < -0.39 is 144 Å². The molecule has 2 unspecified atom stereocenters. The first-order chi connectivity index (χ1) is 41.1. The highest BCUT2D eigenvalue weighted by atomic mass is 16.4. The third-order valence-electron chi connectivity index (χ3n) is 17.1. The van der Waals surface area contributed by atoms with Crippen LogP contribution < -0.4 is 43.4 Å². The van der Waals surface area contributed by atoms with Gasteiger partial charge in [0, 0.05) is 80.9 Å². The number of primary amides is 2. The molecule has 86 heavy (non-hydrogen) atoms. The van der Waals surface area contributed by atoms with Crippen LogP contribution in [0.4, 0.5) is 0 Å². The van der Waals surface area contributed by atoms with Crippen molar-refractivity contribution in [3.05, 3.63) is 54.2 Å². The summed E-state index contributed by atoms with van der Waals surface area (Å²) in [5.74, 6) is -10.2. The lowest BCUT2D eigenvalue weighted by Crippen LogP contribution is -2.61. The maximum Gasteiger partial charge on any atom is 0.326 e. The number of likely N-dealkylation sites (tertiary alicyclic amines) is 4. The van der Waals surface area contributed by atoms with E-state index in [9.17, 15) is 67.4 Å². The van der Waals surface area contributed by atoms with Crippen molar-refractivity contribution in [3.8, 4) is 0 Å². The highest BCUT2D eigenvalue weighted by molar-refractivity contribution is 6.01. The number of carbonyl (C=O) groups excluding carboxylic acids is 12. The first-order valence-corrected chi connectivity index (χ1v) is 29.5. The van der Waals surface area contributed by atoms with Gasteiger partial charge < -0.3 is 78.0 Å². The topological polar surface area (TPSA) is 424 Å². The predicted octanol–water partition coefficient (Wildman–Crippen LogP) is -2.39. The zero-order valence-corrected chi connectivity index (χ0v) is 48.2. The maximum atomic E-state index is 15.0. The molecule has 7 heterocycles. The molecule has 0 spiro atoms. The Kier molecular flexibility index (Phi) is 20.8. The number of aromatic amines is 2. The van der Waals surface area contributed by atoms with Crippen molar-refractivity contribution < 1.29 is 67.4 Å². The predicted molar refractivity (Wildman–Crippen MR) is 303 cm³/mol. The molecule has 5 fully saturated rings. The molecule has 12 amide bonds. The van der Waals surface area contributed by atoms with Gasteiger partial charge in [0.1, 0.15) is 60.4 Å². The number of carboxylic acids is 1. The Hall–Kier alpha value is -8.92. The number of hydrogen-bond donors (Lipinski definition) is 11. The van der Waals surface area contributed by atoms with Crippen LogP contribution in [0.5, 0.6) is 0 Å². The Morgan fingerprint density at radius 1 is 0.651 bits per heavy atom. The van der Waals surface area contributed by atoms with Gasteiger partial charge >= 0.3 is 5.97 Å². The van der Waals surface area contributed by atoms with Crippen LogP contribution in [-0.2, 0) is 75.2 Å². The molecule has 29 heteroatoms. The smallest absolute Gasteiger partial charge is 0.326 e. The lowest BCUT2D eigenvalue weighted by Gasteiger charge is -2.34. The minimum absolute atomic E-state index is 0.0467. The number of nitrogens with zero attached hydrogens (tertiary/aromatic N) is 5. The van der Waals surface area contributed by atoms with Gasteiger partial charge in [-0.05, 0) is 81.8 Å². The van der Waals surface area contributed by atoms with Crippen LogP contribution in [0.25, 0.3) is 10.9 Å². The highest BCUT2D eigenvalue weighted by Crippen LogP contribution is 2.29. The van der Waals surface area contributed by atoms with Gasteiger partial charge in [-0.3, -0.25) is 57.5 Å². The summed E-state index contributed by atoms with van der Waals surface area (Å²) in [7, 11) is 0. The molecule has 5 aliphatic heterocycles. The quantitative estimate of drug-likeness (QED) is 0.0400. The van der Waals surface area contributed by atoms with Gasteiger partial charge in [0.2, 0.25) is 70.9 Å². The minimum atomic E-state index is -1.55. The molecule has 0 bridgehead atoms. The van der Waals surface area contributed by atoms with Gasteiger partial charge in [-0.25, -0.2) is 9.78 Å². The van der Waals surface area contributed by atoms with Crippen molar-refractivity contribution >= 4 is 87.8 Å². The van der Waals surface area contributed by atoms with Crippen molar-refractivity contribution in [2.45, 2.75) is 177 Å². The third kappa shape index (κ3) is 14.9. The van der Waals surface area contributed by atoms with Crippen LogP contribution in [0, 0.1) is 5.92 Å². The molecular formula is C57H77N15O14. The number of para-hydroxylation sites is 1. The zero-order chi connectivity index (χ0) is 61.9. The lowest BCUT2D eigenvalue weighted by molar-refractivity contribution is -0.152. The fraction of sp³-hybridized carbons (Fsp3) is 0.579. The second-order valence-electron chi connectivity index (χ2n) is 22.9. The summed E-state index contributed by atoms with van der Waals surface area (Å²) < 4.78 is 0. The minimum Gasteiger partial charge on any atom is -0.480 e. The molecule has 3 aromatic rings. The number of nitrogens with two attached hydrogens (primary N) is 2. The fourth-order valence-electron chi connectivity index (χ4n) is 12.3. The van der Waals surface area contributed by atoms with Gasteiger partial charge in [-0.2, -0.15) is 0 Å². The molecule has 0 aliphatic carbocycles. The average Bonchev–Trinajstić information content (AvgIpc) is 2.63. The van der Waals surface area contributed by atoms with E-state index in [1.165, 1.54) is 32.1 Å². The van der Waals surface area contributed by atoms with E-state index in [4.69, 9.17) is 11.5 Å². The summed E-state index contributed by atoms with van der Waals surface area (Å²) in [6.07, 6.45) is 6.01. The number of fused-ring (bicyclic) bond motifs is 1. The summed E-state index contributed by atoms with van der Waals surface area (Å²) in [6, 6.07) is -5.06. The van der Waals surface area contributed by atoms with Crippen LogP contribution in [0.1, 0.15) is 115 Å². The highest BCUT2D eigenvalue weighted by Gasteiger charge is 2.47. The number of H-pyrrole nitrogens is 2. The van der Waals surface area contributed by atoms with E-state index in [1.807, 2.05) is 18.2 Å². The van der Waals surface area contributed by atoms with Crippen molar-refractivity contribution in [1.82, 2.24) is 66.5 Å². The van der Waals surface area contributed by atoms with Crippen LogP contribution in [0.15, 0.2) is 43.0 Å². The second kappa shape index (κ2) is 28.3. The van der Waals surface area contributed by atoms with Gasteiger partial charge in [0.15, 0.2) is 0 Å².